The number of amides is 2. The summed E-state index contributed by atoms with van der Waals surface area (Å²) in [7, 11) is 0. The van der Waals surface area contributed by atoms with Crippen LogP contribution in [0.4, 0.5) is 11.4 Å². The highest BCUT2D eigenvalue weighted by Crippen LogP contribution is 2.27. The van der Waals surface area contributed by atoms with Crippen molar-refractivity contribution in [1.29, 1.82) is 0 Å². The molecular weight excluding hydrogens is 384 g/mol. The van der Waals surface area contributed by atoms with Crippen molar-refractivity contribution in [2.45, 2.75) is 27.2 Å². The Balaban J connectivity index is 2.16. The van der Waals surface area contributed by atoms with Crippen LogP contribution in [0.5, 0.6) is 5.75 Å². The zero-order chi connectivity index (χ0) is 18.4. The number of aryl methyl sites for hydroxylation is 1. The third-order valence-electron chi connectivity index (χ3n) is 3.58. The molecule has 0 aliphatic heterocycles. The maximum absolute atomic E-state index is 12.4. The Bertz CT molecular complexity index is 790. The van der Waals surface area contributed by atoms with Crippen LogP contribution < -0.4 is 15.4 Å². The van der Waals surface area contributed by atoms with Crippen LogP contribution in [-0.2, 0) is 4.79 Å². The SMILES string of the molecule is CCOc1ccc(C(=O)Nc2ccc(C)c(NC(=O)CC)c2)cc1Br. The summed E-state index contributed by atoms with van der Waals surface area (Å²) in [6.07, 6.45) is 0.399. The first-order chi connectivity index (χ1) is 11.9. The first-order valence-corrected chi connectivity index (χ1v) is 8.88. The van der Waals surface area contributed by atoms with Crippen LogP contribution in [0, 0.1) is 6.92 Å². The first-order valence-electron chi connectivity index (χ1n) is 8.08. The predicted molar refractivity (Wildman–Crippen MR) is 103 cm³/mol. The highest BCUT2D eigenvalue weighted by atomic mass is 79.9. The van der Waals surface area contributed by atoms with Crippen molar-refractivity contribution in [3.8, 4) is 5.75 Å². The molecule has 0 unspecified atom stereocenters. The van der Waals surface area contributed by atoms with Crippen LogP contribution in [0.2, 0.25) is 0 Å². The normalized spacial score (nSPS) is 10.2. The molecule has 5 nitrogen and oxygen atoms in total. The fourth-order valence-electron chi connectivity index (χ4n) is 2.19. The lowest BCUT2D eigenvalue weighted by molar-refractivity contribution is -0.115. The van der Waals surface area contributed by atoms with E-state index in [1.165, 1.54) is 0 Å². The maximum Gasteiger partial charge on any atom is 0.255 e. The number of carbonyl (C=O) groups excluding carboxylic acids is 2. The van der Waals surface area contributed by atoms with Crippen LogP contribution >= 0.6 is 15.9 Å². The molecule has 2 aromatic rings. The number of anilines is 2. The summed E-state index contributed by atoms with van der Waals surface area (Å²) in [5, 5.41) is 5.67. The van der Waals surface area contributed by atoms with E-state index in [9.17, 15) is 9.59 Å². The van der Waals surface area contributed by atoms with E-state index in [1.807, 2.05) is 19.9 Å². The molecule has 2 N–H and O–H groups in total. The Kier molecular flexibility index (Phi) is 6.58. The second-order valence-corrected chi connectivity index (χ2v) is 6.32. The Morgan fingerprint density at radius 3 is 2.48 bits per heavy atom. The smallest absolute Gasteiger partial charge is 0.255 e. The van der Waals surface area contributed by atoms with Gasteiger partial charge >= 0.3 is 0 Å². The second kappa shape index (κ2) is 8.67. The predicted octanol–water partition coefficient (Wildman–Crippen LogP) is 4.76. The molecule has 0 aliphatic rings. The summed E-state index contributed by atoms with van der Waals surface area (Å²) < 4.78 is 6.17. The zero-order valence-corrected chi connectivity index (χ0v) is 16.1. The molecule has 0 saturated heterocycles. The van der Waals surface area contributed by atoms with Crippen molar-refractivity contribution in [2.24, 2.45) is 0 Å². The standard InChI is InChI=1S/C19H21BrN2O3/c1-4-18(23)22-16-11-14(8-6-12(16)3)21-19(24)13-7-9-17(25-5-2)15(20)10-13/h6-11H,4-5H2,1-3H3,(H,21,24)(H,22,23). The number of ether oxygens (including phenoxy) is 1. The fourth-order valence-corrected chi connectivity index (χ4v) is 2.68. The lowest BCUT2D eigenvalue weighted by Crippen LogP contribution is -2.14. The Morgan fingerprint density at radius 2 is 1.84 bits per heavy atom. The van der Waals surface area contributed by atoms with E-state index in [4.69, 9.17) is 4.74 Å². The molecule has 0 bridgehead atoms. The fraction of sp³-hybridized carbons (Fsp3) is 0.263. The van der Waals surface area contributed by atoms with Gasteiger partial charge in [-0.2, -0.15) is 0 Å². The number of rotatable bonds is 6. The number of benzene rings is 2. The van der Waals surface area contributed by atoms with Gasteiger partial charge in [0.2, 0.25) is 5.91 Å². The van der Waals surface area contributed by atoms with Crippen LogP contribution in [0.1, 0.15) is 36.2 Å². The topological polar surface area (TPSA) is 67.4 Å². The van der Waals surface area contributed by atoms with Gasteiger partial charge in [0.05, 0.1) is 11.1 Å². The molecule has 6 heteroatoms. The highest BCUT2D eigenvalue weighted by molar-refractivity contribution is 9.10. The number of hydrogen-bond donors (Lipinski definition) is 2. The largest absolute Gasteiger partial charge is 0.493 e. The molecular formula is C19H21BrN2O3. The zero-order valence-electron chi connectivity index (χ0n) is 14.5. The van der Waals surface area contributed by atoms with Gasteiger partial charge in [-0.25, -0.2) is 0 Å². The average molecular weight is 405 g/mol. The van der Waals surface area contributed by atoms with Gasteiger partial charge in [-0.05, 0) is 65.7 Å². The molecule has 0 aromatic heterocycles. The Labute approximate surface area is 155 Å². The molecule has 25 heavy (non-hydrogen) atoms. The van der Waals surface area contributed by atoms with Gasteiger partial charge in [0.1, 0.15) is 5.75 Å². The monoisotopic (exact) mass is 404 g/mol. The van der Waals surface area contributed by atoms with E-state index in [1.54, 1.807) is 37.3 Å². The molecule has 0 atom stereocenters. The highest BCUT2D eigenvalue weighted by Gasteiger charge is 2.11. The van der Waals surface area contributed by atoms with E-state index >= 15 is 0 Å². The van der Waals surface area contributed by atoms with Gasteiger partial charge in [-0.1, -0.05) is 13.0 Å². The van der Waals surface area contributed by atoms with Crippen molar-refractivity contribution < 1.29 is 14.3 Å². The van der Waals surface area contributed by atoms with E-state index in [0.717, 1.165) is 10.0 Å². The minimum absolute atomic E-state index is 0.0676. The van der Waals surface area contributed by atoms with E-state index < -0.39 is 0 Å². The maximum atomic E-state index is 12.4. The minimum Gasteiger partial charge on any atom is -0.493 e. The lowest BCUT2D eigenvalue weighted by Gasteiger charge is -2.12. The molecule has 132 valence electrons. The van der Waals surface area contributed by atoms with Crippen molar-refractivity contribution in [3.63, 3.8) is 0 Å². The van der Waals surface area contributed by atoms with Crippen molar-refractivity contribution in [1.82, 2.24) is 0 Å². The molecule has 0 spiro atoms. The third kappa shape index (κ3) is 5.06. The molecule has 2 amide bonds. The van der Waals surface area contributed by atoms with Gasteiger partial charge in [0, 0.05) is 23.4 Å². The van der Waals surface area contributed by atoms with Gasteiger partial charge in [0.25, 0.3) is 5.91 Å². The molecule has 0 aliphatic carbocycles. The van der Waals surface area contributed by atoms with Gasteiger partial charge in [-0.15, -0.1) is 0 Å². The van der Waals surface area contributed by atoms with Crippen molar-refractivity contribution in [2.75, 3.05) is 17.2 Å². The number of nitrogens with one attached hydrogen (secondary N) is 2. The van der Waals surface area contributed by atoms with Crippen LogP contribution in [0.3, 0.4) is 0 Å². The summed E-state index contributed by atoms with van der Waals surface area (Å²) in [6.45, 7) is 6.15. The quantitative estimate of drug-likeness (QED) is 0.729. The summed E-state index contributed by atoms with van der Waals surface area (Å²) in [5.41, 5.74) is 2.75. The first kappa shape index (κ1) is 19.0. The van der Waals surface area contributed by atoms with E-state index in [-0.39, 0.29) is 11.8 Å². The van der Waals surface area contributed by atoms with Crippen LogP contribution in [0.25, 0.3) is 0 Å². The Morgan fingerprint density at radius 1 is 1.08 bits per heavy atom. The average Bonchev–Trinajstić information content (AvgIpc) is 2.59. The van der Waals surface area contributed by atoms with Crippen LogP contribution in [0.15, 0.2) is 40.9 Å². The molecule has 0 fully saturated rings. The lowest BCUT2D eigenvalue weighted by atomic mass is 10.1. The van der Waals surface area contributed by atoms with Crippen LogP contribution in [-0.4, -0.2) is 18.4 Å². The summed E-state index contributed by atoms with van der Waals surface area (Å²) in [5.74, 6) is 0.390. The van der Waals surface area contributed by atoms with Gasteiger partial charge in [0.15, 0.2) is 0 Å². The van der Waals surface area contributed by atoms with Crippen molar-refractivity contribution in [3.05, 3.63) is 52.0 Å². The molecule has 0 heterocycles. The molecule has 2 rings (SSSR count). The van der Waals surface area contributed by atoms with E-state index in [0.29, 0.717) is 35.7 Å². The second-order valence-electron chi connectivity index (χ2n) is 5.46. The molecule has 0 radical (unpaired) electrons. The van der Waals surface area contributed by atoms with E-state index in [2.05, 4.69) is 26.6 Å². The minimum atomic E-state index is -0.236. The number of hydrogen-bond acceptors (Lipinski definition) is 3. The Hall–Kier alpha value is -2.34. The summed E-state index contributed by atoms with van der Waals surface area (Å²) in [6, 6.07) is 10.6. The van der Waals surface area contributed by atoms with Gasteiger partial charge in [-0.3, -0.25) is 9.59 Å². The number of halogens is 1. The summed E-state index contributed by atoms with van der Waals surface area (Å²) in [4.78, 5) is 24.0. The van der Waals surface area contributed by atoms with Gasteiger partial charge < -0.3 is 15.4 Å². The number of carbonyl (C=O) groups is 2. The third-order valence-corrected chi connectivity index (χ3v) is 4.20. The molecule has 0 saturated carbocycles. The van der Waals surface area contributed by atoms with Crippen molar-refractivity contribution >= 4 is 39.1 Å². The summed E-state index contributed by atoms with van der Waals surface area (Å²) >= 11 is 3.41. The molecule has 2 aromatic carbocycles.